The first-order chi connectivity index (χ1) is 11.0. The van der Waals surface area contributed by atoms with Crippen molar-refractivity contribution in [3.8, 4) is 11.5 Å². The first-order valence-corrected chi connectivity index (χ1v) is 7.70. The zero-order valence-electron chi connectivity index (χ0n) is 13.4. The second-order valence-corrected chi connectivity index (χ2v) is 4.97. The van der Waals surface area contributed by atoms with E-state index >= 15 is 0 Å². The quantitative estimate of drug-likeness (QED) is 0.554. The summed E-state index contributed by atoms with van der Waals surface area (Å²) < 4.78 is 10.3. The molecular weight excluding hydrogens is 343 g/mol. The van der Waals surface area contributed by atoms with E-state index in [0.29, 0.717) is 30.5 Å². The molecule has 7 nitrogen and oxygen atoms in total. The topological polar surface area (TPSA) is 84.0 Å². The minimum Gasteiger partial charge on any atom is -0.495 e. The van der Waals surface area contributed by atoms with Gasteiger partial charge in [0.25, 0.3) is 0 Å². The number of ether oxygens (including phenoxy) is 2. The molecule has 0 aromatic heterocycles. The van der Waals surface area contributed by atoms with Gasteiger partial charge in [0.2, 0.25) is 0 Å². The first kappa shape index (κ1) is 19.2. The van der Waals surface area contributed by atoms with Crippen molar-refractivity contribution in [1.82, 2.24) is 10.6 Å². The van der Waals surface area contributed by atoms with E-state index in [0.717, 1.165) is 0 Å². The molecule has 0 heterocycles. The summed E-state index contributed by atoms with van der Waals surface area (Å²) >= 11 is 12.4. The van der Waals surface area contributed by atoms with E-state index in [-0.39, 0.29) is 15.7 Å². The molecule has 0 saturated carbocycles. The summed E-state index contributed by atoms with van der Waals surface area (Å²) in [4.78, 5) is 16.3. The lowest BCUT2D eigenvalue weighted by Crippen LogP contribution is -2.43. The van der Waals surface area contributed by atoms with E-state index in [1.54, 1.807) is 0 Å². The fourth-order valence-corrected chi connectivity index (χ4v) is 2.31. The Morgan fingerprint density at radius 3 is 2.17 bits per heavy atom. The van der Waals surface area contributed by atoms with Crippen molar-refractivity contribution in [2.24, 2.45) is 4.99 Å². The van der Waals surface area contributed by atoms with Gasteiger partial charge in [-0.1, -0.05) is 23.2 Å². The molecule has 128 valence electrons. The molecular formula is C14H20Cl2N4O3. The molecule has 0 aliphatic rings. The van der Waals surface area contributed by atoms with Crippen LogP contribution >= 0.6 is 23.2 Å². The average Bonchev–Trinajstić information content (AvgIpc) is 2.52. The average molecular weight is 363 g/mol. The highest BCUT2D eigenvalue weighted by atomic mass is 35.5. The number of benzene rings is 1. The van der Waals surface area contributed by atoms with Gasteiger partial charge >= 0.3 is 6.03 Å². The van der Waals surface area contributed by atoms with Crippen molar-refractivity contribution in [1.29, 1.82) is 0 Å². The number of hydrogen-bond acceptors (Lipinski definition) is 4. The van der Waals surface area contributed by atoms with Crippen LogP contribution in [-0.4, -0.2) is 39.3 Å². The summed E-state index contributed by atoms with van der Waals surface area (Å²) in [6, 6.07) is 0.994. The molecule has 0 aliphatic heterocycles. The maximum absolute atomic E-state index is 12.1. The van der Waals surface area contributed by atoms with Crippen LogP contribution in [0.25, 0.3) is 0 Å². The molecule has 3 N–H and O–H groups in total. The van der Waals surface area contributed by atoms with Crippen LogP contribution in [0.15, 0.2) is 11.1 Å². The first-order valence-electron chi connectivity index (χ1n) is 6.94. The molecule has 0 aliphatic carbocycles. The molecule has 0 spiro atoms. The Kier molecular flexibility index (Phi) is 7.77. The number of guanidine groups is 1. The Labute approximate surface area is 145 Å². The van der Waals surface area contributed by atoms with Gasteiger partial charge in [-0.25, -0.2) is 4.79 Å². The maximum Gasteiger partial charge on any atom is 0.326 e. The zero-order valence-corrected chi connectivity index (χ0v) is 14.9. The molecule has 0 radical (unpaired) electrons. The van der Waals surface area contributed by atoms with E-state index in [4.69, 9.17) is 32.7 Å². The van der Waals surface area contributed by atoms with Crippen LogP contribution in [0.1, 0.15) is 13.8 Å². The predicted octanol–water partition coefficient (Wildman–Crippen LogP) is 3.12. The van der Waals surface area contributed by atoms with Crippen molar-refractivity contribution in [3.63, 3.8) is 0 Å². The second-order valence-electron chi connectivity index (χ2n) is 4.22. The molecule has 0 saturated heterocycles. The molecule has 23 heavy (non-hydrogen) atoms. The van der Waals surface area contributed by atoms with E-state index in [1.165, 1.54) is 20.3 Å². The van der Waals surface area contributed by atoms with Crippen LogP contribution in [0, 0.1) is 0 Å². The highest BCUT2D eigenvalue weighted by molar-refractivity contribution is 6.41. The summed E-state index contributed by atoms with van der Waals surface area (Å²) in [5.74, 6) is 1.02. The molecule has 1 aromatic carbocycles. The third kappa shape index (κ3) is 5.07. The number of nitrogens with zero attached hydrogens (tertiary/aromatic N) is 1. The molecule has 1 rings (SSSR count). The molecule has 0 bridgehead atoms. The molecule has 0 fully saturated rings. The fraction of sp³-hybridized carbons (Fsp3) is 0.429. The molecule has 9 heteroatoms. The van der Waals surface area contributed by atoms with Gasteiger partial charge < -0.3 is 20.1 Å². The van der Waals surface area contributed by atoms with Gasteiger partial charge in [0.1, 0.15) is 21.5 Å². The van der Waals surface area contributed by atoms with Crippen LogP contribution in [-0.2, 0) is 0 Å². The number of halogens is 2. The number of amides is 2. The maximum atomic E-state index is 12.1. The summed E-state index contributed by atoms with van der Waals surface area (Å²) in [6.07, 6.45) is 0. The van der Waals surface area contributed by atoms with Gasteiger partial charge in [-0.3, -0.25) is 10.3 Å². The minimum atomic E-state index is -0.544. The van der Waals surface area contributed by atoms with Gasteiger partial charge in [-0.05, 0) is 13.8 Å². The molecule has 0 unspecified atom stereocenters. The Bertz CT molecular complexity index is 566. The minimum absolute atomic E-state index is 0.172. The van der Waals surface area contributed by atoms with Crippen LogP contribution in [0.3, 0.4) is 0 Å². The number of rotatable bonds is 5. The molecule has 1 aromatic rings. The van der Waals surface area contributed by atoms with E-state index in [9.17, 15) is 4.79 Å². The number of methoxy groups -OCH3 is 2. The zero-order chi connectivity index (χ0) is 17.4. The van der Waals surface area contributed by atoms with Crippen LogP contribution < -0.4 is 25.4 Å². The standard InChI is InChI=1S/C14H20Cl2N4O3/c1-5-17-13(18-6-2)20-14(21)19-12-10(15)8(22-3)7-9(23-4)11(12)16/h7H,5-6H2,1-4H3,(H3,17,18,19,20,21). The van der Waals surface area contributed by atoms with Gasteiger partial charge in [0.15, 0.2) is 5.96 Å². The number of nitrogens with one attached hydrogen (secondary N) is 3. The van der Waals surface area contributed by atoms with E-state index in [1.807, 2.05) is 13.8 Å². The molecule has 2 amide bonds. The third-order valence-corrected chi connectivity index (χ3v) is 3.46. The van der Waals surface area contributed by atoms with Gasteiger partial charge in [-0.15, -0.1) is 0 Å². The van der Waals surface area contributed by atoms with Crippen LogP contribution in [0.4, 0.5) is 10.5 Å². The lowest BCUT2D eigenvalue weighted by atomic mass is 10.2. The second kappa shape index (κ2) is 9.32. The number of hydrogen-bond donors (Lipinski definition) is 3. The number of carbonyl (C=O) groups is 1. The number of urea groups is 1. The van der Waals surface area contributed by atoms with Crippen molar-refractivity contribution >= 4 is 40.9 Å². The largest absolute Gasteiger partial charge is 0.495 e. The van der Waals surface area contributed by atoms with E-state index < -0.39 is 6.03 Å². The van der Waals surface area contributed by atoms with Crippen molar-refractivity contribution in [2.75, 3.05) is 32.6 Å². The Hall–Kier alpha value is -1.86. The van der Waals surface area contributed by atoms with Crippen molar-refractivity contribution < 1.29 is 14.3 Å². The number of aliphatic imine (C=N–C) groups is 1. The highest BCUT2D eigenvalue weighted by Gasteiger charge is 2.19. The van der Waals surface area contributed by atoms with Crippen LogP contribution in [0.2, 0.25) is 10.0 Å². The summed E-state index contributed by atoms with van der Waals surface area (Å²) in [5, 5.41) is 8.45. The third-order valence-electron chi connectivity index (χ3n) is 2.70. The smallest absolute Gasteiger partial charge is 0.326 e. The number of anilines is 1. The SMILES string of the molecule is CCN=C(NCC)NC(=O)Nc1c(Cl)c(OC)cc(OC)c1Cl. The summed E-state index contributed by atoms with van der Waals surface area (Å²) in [6.45, 7) is 4.90. The lowest BCUT2D eigenvalue weighted by molar-refractivity contribution is 0.256. The lowest BCUT2D eigenvalue weighted by Gasteiger charge is -2.16. The van der Waals surface area contributed by atoms with Gasteiger partial charge in [0, 0.05) is 19.2 Å². The Morgan fingerprint density at radius 1 is 1.17 bits per heavy atom. The van der Waals surface area contributed by atoms with Gasteiger partial charge in [-0.2, -0.15) is 0 Å². The van der Waals surface area contributed by atoms with Crippen molar-refractivity contribution in [3.05, 3.63) is 16.1 Å². The fourth-order valence-electron chi connectivity index (χ4n) is 1.71. The van der Waals surface area contributed by atoms with E-state index in [2.05, 4.69) is 20.9 Å². The summed E-state index contributed by atoms with van der Waals surface area (Å²) in [7, 11) is 2.91. The summed E-state index contributed by atoms with van der Waals surface area (Å²) in [5.41, 5.74) is 0.189. The molecule has 0 atom stereocenters. The Morgan fingerprint density at radius 2 is 1.74 bits per heavy atom. The number of carbonyl (C=O) groups excluding carboxylic acids is 1. The van der Waals surface area contributed by atoms with Gasteiger partial charge in [0.05, 0.1) is 19.9 Å². The van der Waals surface area contributed by atoms with Crippen LogP contribution in [0.5, 0.6) is 11.5 Å². The Balaban J connectivity index is 3.03. The normalized spacial score (nSPS) is 11.0. The van der Waals surface area contributed by atoms with Crippen molar-refractivity contribution in [2.45, 2.75) is 13.8 Å². The monoisotopic (exact) mass is 362 g/mol. The predicted molar refractivity (Wildman–Crippen MR) is 93.4 cm³/mol. The highest BCUT2D eigenvalue weighted by Crippen LogP contribution is 2.43.